The second-order valence-electron chi connectivity index (χ2n) is 3.19. The molecule has 1 rings (SSSR count). The Morgan fingerprint density at radius 1 is 1.13 bits per heavy atom. The van der Waals surface area contributed by atoms with Crippen LogP contribution in [0.4, 0.5) is 4.39 Å². The van der Waals surface area contributed by atoms with E-state index in [-0.39, 0.29) is 22.7 Å². The average molecular weight is 206 g/mol. The number of hydrogen-bond acceptors (Lipinski definition) is 2. The average Bonchev–Trinajstić information content (AvgIpc) is 2.15. The maximum atomic E-state index is 13.2. The van der Waals surface area contributed by atoms with Crippen molar-refractivity contribution in [3.63, 3.8) is 0 Å². The van der Waals surface area contributed by atoms with Crippen LogP contribution in [0.1, 0.15) is 19.4 Å². The van der Waals surface area contributed by atoms with E-state index in [1.54, 1.807) is 12.1 Å². The Hall–Kier alpha value is -1.77. The van der Waals surface area contributed by atoms with Gasteiger partial charge in [-0.1, -0.05) is 18.2 Å². The molecule has 0 spiro atoms. The number of hydrogen-bond donors (Lipinski definition) is 0. The maximum Gasteiger partial charge on any atom is 0.163 e. The van der Waals surface area contributed by atoms with Crippen molar-refractivity contribution < 1.29 is 14.0 Å². The summed E-state index contributed by atoms with van der Waals surface area (Å²) in [7, 11) is 0. The lowest BCUT2D eigenvalue weighted by Crippen LogP contribution is -2.05. The van der Waals surface area contributed by atoms with Crippen LogP contribution in [0.3, 0.4) is 0 Å². The molecule has 0 atom stereocenters. The van der Waals surface area contributed by atoms with Gasteiger partial charge in [-0.15, -0.1) is 0 Å². The quantitative estimate of drug-likeness (QED) is 0.432. The van der Waals surface area contributed by atoms with Gasteiger partial charge in [-0.05, 0) is 26.0 Å². The number of benzene rings is 1. The lowest BCUT2D eigenvalue weighted by Gasteiger charge is -1.99. The first-order chi connectivity index (χ1) is 7.02. The number of Topliss-reactive ketones (excluding diaryl/α,β-unsaturated/α-hetero) is 2. The van der Waals surface area contributed by atoms with E-state index in [9.17, 15) is 14.0 Å². The number of allylic oxidation sites excluding steroid dienone is 1. The second-order valence-corrected chi connectivity index (χ2v) is 3.19. The first-order valence-electron chi connectivity index (χ1n) is 4.50. The summed E-state index contributed by atoms with van der Waals surface area (Å²) < 4.78 is 13.2. The molecule has 0 aliphatic heterocycles. The summed E-state index contributed by atoms with van der Waals surface area (Å²) >= 11 is 0. The molecule has 3 heteroatoms. The Labute approximate surface area is 87.4 Å². The molecule has 1 aromatic carbocycles. The van der Waals surface area contributed by atoms with E-state index < -0.39 is 5.82 Å². The van der Waals surface area contributed by atoms with Crippen LogP contribution in [0.15, 0.2) is 29.8 Å². The van der Waals surface area contributed by atoms with Crippen molar-refractivity contribution in [2.75, 3.05) is 0 Å². The summed E-state index contributed by atoms with van der Waals surface area (Å²) in [4.78, 5) is 22.2. The molecule has 0 aliphatic rings. The molecule has 0 saturated carbocycles. The Bertz CT molecular complexity index is 417. The molecule has 15 heavy (non-hydrogen) atoms. The summed E-state index contributed by atoms with van der Waals surface area (Å²) in [6.45, 7) is 2.57. The van der Waals surface area contributed by atoms with Crippen LogP contribution >= 0.6 is 0 Å². The molecule has 0 amide bonds. The molecule has 0 fully saturated rings. The standard InChI is InChI=1S/C12H11FO2/c1-8(14)11(9(2)15)7-10-5-3-4-6-12(10)13/h3-7H,1-2H3. The minimum absolute atomic E-state index is 0.0140. The van der Waals surface area contributed by atoms with Gasteiger partial charge in [0.25, 0.3) is 0 Å². The van der Waals surface area contributed by atoms with Crippen LogP contribution in [-0.2, 0) is 9.59 Å². The molecule has 1 aromatic rings. The van der Waals surface area contributed by atoms with Gasteiger partial charge in [-0.2, -0.15) is 0 Å². The summed E-state index contributed by atoms with van der Waals surface area (Å²) in [6.07, 6.45) is 1.28. The van der Waals surface area contributed by atoms with Crippen molar-refractivity contribution in [1.82, 2.24) is 0 Å². The smallest absolute Gasteiger partial charge is 0.163 e. The lowest BCUT2D eigenvalue weighted by atomic mass is 10.0. The first kappa shape index (κ1) is 11.3. The summed E-state index contributed by atoms with van der Waals surface area (Å²) in [6, 6.07) is 5.99. The Morgan fingerprint density at radius 2 is 1.67 bits per heavy atom. The molecule has 2 nitrogen and oxygen atoms in total. The van der Waals surface area contributed by atoms with Crippen molar-refractivity contribution in [3.8, 4) is 0 Å². The van der Waals surface area contributed by atoms with Crippen LogP contribution in [0.5, 0.6) is 0 Å². The van der Waals surface area contributed by atoms with Crippen LogP contribution in [-0.4, -0.2) is 11.6 Å². The topological polar surface area (TPSA) is 34.1 Å². The largest absolute Gasteiger partial charge is 0.294 e. The molecule has 0 N–H and O–H groups in total. The molecule has 0 aliphatic carbocycles. The highest BCUT2D eigenvalue weighted by Crippen LogP contribution is 2.12. The third-order valence-corrected chi connectivity index (χ3v) is 1.96. The maximum absolute atomic E-state index is 13.2. The van der Waals surface area contributed by atoms with E-state index in [1.165, 1.54) is 32.1 Å². The summed E-state index contributed by atoms with van der Waals surface area (Å²) in [5, 5.41) is 0. The van der Waals surface area contributed by atoms with Crippen LogP contribution in [0, 0.1) is 5.82 Å². The number of carbonyl (C=O) groups excluding carboxylic acids is 2. The molecular weight excluding hydrogens is 195 g/mol. The van der Waals surface area contributed by atoms with Gasteiger partial charge in [0.2, 0.25) is 0 Å². The van der Waals surface area contributed by atoms with Crippen molar-refractivity contribution >= 4 is 17.6 Å². The van der Waals surface area contributed by atoms with E-state index in [0.717, 1.165) is 0 Å². The zero-order valence-electron chi connectivity index (χ0n) is 8.58. The van der Waals surface area contributed by atoms with Gasteiger partial charge in [0.05, 0.1) is 5.57 Å². The fourth-order valence-corrected chi connectivity index (χ4v) is 1.20. The minimum atomic E-state index is -0.447. The van der Waals surface area contributed by atoms with Gasteiger partial charge in [0.15, 0.2) is 11.6 Å². The molecular formula is C12H11FO2. The zero-order valence-corrected chi connectivity index (χ0v) is 8.58. The second kappa shape index (κ2) is 4.64. The number of halogens is 1. The van der Waals surface area contributed by atoms with Gasteiger partial charge in [-0.3, -0.25) is 9.59 Å². The molecule has 0 unspecified atom stereocenters. The predicted molar refractivity (Wildman–Crippen MR) is 55.7 cm³/mol. The molecule has 0 radical (unpaired) electrons. The Morgan fingerprint density at radius 3 is 2.13 bits per heavy atom. The summed E-state index contributed by atoms with van der Waals surface area (Å²) in [5.41, 5.74) is 0.262. The predicted octanol–water partition coefficient (Wildman–Crippen LogP) is 2.39. The van der Waals surface area contributed by atoms with Crippen molar-refractivity contribution in [3.05, 3.63) is 41.2 Å². The van der Waals surface area contributed by atoms with Gasteiger partial charge in [0, 0.05) is 5.56 Å². The fraction of sp³-hybridized carbons (Fsp3) is 0.167. The zero-order chi connectivity index (χ0) is 11.4. The highest BCUT2D eigenvalue weighted by Gasteiger charge is 2.10. The first-order valence-corrected chi connectivity index (χ1v) is 4.50. The molecule has 78 valence electrons. The third-order valence-electron chi connectivity index (χ3n) is 1.96. The fourth-order valence-electron chi connectivity index (χ4n) is 1.20. The summed E-state index contributed by atoms with van der Waals surface area (Å²) in [5.74, 6) is -1.16. The van der Waals surface area contributed by atoms with E-state index in [1.807, 2.05) is 0 Å². The van der Waals surface area contributed by atoms with E-state index in [0.29, 0.717) is 0 Å². The number of carbonyl (C=O) groups is 2. The minimum Gasteiger partial charge on any atom is -0.294 e. The van der Waals surface area contributed by atoms with E-state index >= 15 is 0 Å². The molecule has 0 heterocycles. The monoisotopic (exact) mass is 206 g/mol. The van der Waals surface area contributed by atoms with Gasteiger partial charge >= 0.3 is 0 Å². The van der Waals surface area contributed by atoms with Gasteiger partial charge in [-0.25, -0.2) is 4.39 Å². The van der Waals surface area contributed by atoms with Gasteiger partial charge in [0.1, 0.15) is 5.82 Å². The van der Waals surface area contributed by atoms with Crippen molar-refractivity contribution in [2.24, 2.45) is 0 Å². The SMILES string of the molecule is CC(=O)C(=Cc1ccccc1F)C(C)=O. The lowest BCUT2D eigenvalue weighted by molar-refractivity contribution is -0.119. The Kier molecular flexibility index (Phi) is 3.50. The van der Waals surface area contributed by atoms with E-state index in [2.05, 4.69) is 0 Å². The molecule has 0 saturated heterocycles. The highest BCUT2D eigenvalue weighted by atomic mass is 19.1. The van der Waals surface area contributed by atoms with E-state index in [4.69, 9.17) is 0 Å². The number of ketones is 2. The molecule has 0 aromatic heterocycles. The highest BCUT2D eigenvalue weighted by molar-refractivity contribution is 6.21. The number of rotatable bonds is 3. The van der Waals surface area contributed by atoms with Crippen molar-refractivity contribution in [1.29, 1.82) is 0 Å². The van der Waals surface area contributed by atoms with Crippen LogP contribution < -0.4 is 0 Å². The molecule has 0 bridgehead atoms. The normalized spacial score (nSPS) is 9.53. The van der Waals surface area contributed by atoms with Crippen LogP contribution in [0.2, 0.25) is 0 Å². The Balaban J connectivity index is 3.19. The van der Waals surface area contributed by atoms with Gasteiger partial charge < -0.3 is 0 Å². The van der Waals surface area contributed by atoms with Crippen molar-refractivity contribution in [2.45, 2.75) is 13.8 Å². The third kappa shape index (κ3) is 2.84. The van der Waals surface area contributed by atoms with Crippen LogP contribution in [0.25, 0.3) is 6.08 Å².